The topological polar surface area (TPSA) is 84.5 Å². The summed E-state index contributed by atoms with van der Waals surface area (Å²) in [4.78, 5) is 34.3. The van der Waals surface area contributed by atoms with Crippen LogP contribution >= 0.6 is 0 Å². The number of nitrogens with one attached hydrogen (secondary N) is 1. The molecule has 1 aromatic heterocycles. The molecule has 2 aromatic rings. The van der Waals surface area contributed by atoms with Gasteiger partial charge in [-0.2, -0.15) is 0 Å². The van der Waals surface area contributed by atoms with E-state index in [1.807, 2.05) is 4.90 Å². The predicted octanol–water partition coefficient (Wildman–Crippen LogP) is 2.58. The zero-order chi connectivity index (χ0) is 19.4. The van der Waals surface area contributed by atoms with E-state index in [4.69, 9.17) is 9.47 Å². The number of hydrogen-bond donors (Lipinski definition) is 1. The number of nitrogens with zero attached hydrogens (tertiary/aromatic N) is 2. The van der Waals surface area contributed by atoms with Gasteiger partial charge in [0.2, 0.25) is 5.91 Å². The van der Waals surface area contributed by atoms with Gasteiger partial charge in [-0.15, -0.1) is 0 Å². The molecule has 2 heterocycles. The van der Waals surface area contributed by atoms with Crippen LogP contribution in [0.3, 0.4) is 0 Å². The van der Waals surface area contributed by atoms with Gasteiger partial charge in [-0.25, -0.2) is 4.98 Å². The number of H-pyrrole nitrogens is 1. The average molecular weight is 371 g/mol. The molecule has 27 heavy (non-hydrogen) atoms. The molecule has 0 bridgehead atoms. The van der Waals surface area contributed by atoms with Crippen LogP contribution in [-0.2, 0) is 11.2 Å². The summed E-state index contributed by atoms with van der Waals surface area (Å²) in [7, 11) is 3.06. The summed E-state index contributed by atoms with van der Waals surface area (Å²) in [5, 5.41) is 0. The molecule has 0 radical (unpaired) electrons. The fourth-order valence-corrected chi connectivity index (χ4v) is 3.60. The Bertz CT molecular complexity index is 817. The molecule has 1 atom stereocenters. The third-order valence-electron chi connectivity index (χ3n) is 5.01. The minimum Gasteiger partial charge on any atom is -0.493 e. The van der Waals surface area contributed by atoms with Gasteiger partial charge < -0.3 is 19.4 Å². The van der Waals surface area contributed by atoms with E-state index >= 15 is 0 Å². The van der Waals surface area contributed by atoms with Gasteiger partial charge in [-0.1, -0.05) is 0 Å². The fraction of sp³-hybridized carbons (Fsp3) is 0.450. The second-order valence-corrected chi connectivity index (χ2v) is 6.75. The van der Waals surface area contributed by atoms with Gasteiger partial charge >= 0.3 is 0 Å². The van der Waals surface area contributed by atoms with E-state index in [1.54, 1.807) is 24.5 Å². The first-order valence-corrected chi connectivity index (χ1v) is 9.06. The molecule has 1 aliphatic rings. The van der Waals surface area contributed by atoms with E-state index in [-0.39, 0.29) is 24.0 Å². The highest BCUT2D eigenvalue weighted by atomic mass is 16.5. The number of aromatic amines is 1. The van der Waals surface area contributed by atoms with Gasteiger partial charge in [0.05, 0.1) is 20.6 Å². The van der Waals surface area contributed by atoms with Crippen LogP contribution in [0.25, 0.3) is 0 Å². The van der Waals surface area contributed by atoms with Crippen LogP contribution < -0.4 is 9.47 Å². The predicted molar refractivity (Wildman–Crippen MR) is 100 cm³/mol. The lowest BCUT2D eigenvalue weighted by Gasteiger charge is -2.32. The number of aromatic nitrogens is 2. The summed E-state index contributed by atoms with van der Waals surface area (Å²) >= 11 is 0. The molecule has 1 aliphatic heterocycles. The van der Waals surface area contributed by atoms with Crippen molar-refractivity contribution in [2.24, 2.45) is 0 Å². The second kappa shape index (κ2) is 8.24. The highest BCUT2D eigenvalue weighted by Gasteiger charge is 2.27. The van der Waals surface area contributed by atoms with Gasteiger partial charge in [0.15, 0.2) is 17.3 Å². The lowest BCUT2D eigenvalue weighted by molar-refractivity contribution is -0.131. The molecule has 1 amide bonds. The Kier molecular flexibility index (Phi) is 5.78. The number of likely N-dealkylation sites (tertiary alicyclic amines) is 1. The number of piperidine rings is 1. The third kappa shape index (κ3) is 4.13. The van der Waals surface area contributed by atoms with E-state index in [0.29, 0.717) is 29.2 Å². The molecule has 1 aromatic carbocycles. The minimum atomic E-state index is -0.106. The van der Waals surface area contributed by atoms with E-state index < -0.39 is 0 Å². The number of rotatable bonds is 6. The van der Waals surface area contributed by atoms with Crippen molar-refractivity contribution in [2.45, 2.75) is 32.1 Å². The van der Waals surface area contributed by atoms with Crippen molar-refractivity contribution in [1.29, 1.82) is 0 Å². The molecule has 3 rings (SSSR count). The first-order chi connectivity index (χ1) is 13.0. The normalized spacial score (nSPS) is 16.9. The van der Waals surface area contributed by atoms with Crippen LogP contribution in [0.15, 0.2) is 24.5 Å². The number of methoxy groups -OCH3 is 2. The number of ether oxygens (including phenoxy) is 2. The lowest BCUT2D eigenvalue weighted by Crippen LogP contribution is -2.40. The van der Waals surface area contributed by atoms with E-state index in [9.17, 15) is 9.59 Å². The molecule has 1 saturated heterocycles. The summed E-state index contributed by atoms with van der Waals surface area (Å²) < 4.78 is 10.6. The number of carbonyl (C=O) groups is 2. The Morgan fingerprint density at radius 3 is 2.63 bits per heavy atom. The number of Topliss-reactive ketones (excluding diaryl/α,β-unsaturated/α-hetero) is 1. The minimum absolute atomic E-state index is 0.000904. The van der Waals surface area contributed by atoms with Crippen LogP contribution in [0.4, 0.5) is 0 Å². The molecular formula is C20H25N3O4. The smallest absolute Gasteiger partial charge is 0.227 e. The van der Waals surface area contributed by atoms with Crippen molar-refractivity contribution in [3.8, 4) is 11.5 Å². The Morgan fingerprint density at radius 1 is 1.26 bits per heavy atom. The average Bonchev–Trinajstić information content (AvgIpc) is 3.22. The molecule has 0 unspecified atom stereocenters. The van der Waals surface area contributed by atoms with Gasteiger partial charge in [0, 0.05) is 37.0 Å². The molecule has 0 spiro atoms. The summed E-state index contributed by atoms with van der Waals surface area (Å²) in [6.45, 7) is 2.84. The zero-order valence-electron chi connectivity index (χ0n) is 15.9. The maximum absolute atomic E-state index is 12.9. The third-order valence-corrected chi connectivity index (χ3v) is 5.01. The molecular weight excluding hydrogens is 346 g/mol. The van der Waals surface area contributed by atoms with Crippen molar-refractivity contribution in [1.82, 2.24) is 14.9 Å². The monoisotopic (exact) mass is 371 g/mol. The number of hydrogen-bond acceptors (Lipinski definition) is 5. The number of benzene rings is 1. The number of imidazole rings is 1. The SMILES string of the molecule is COc1cc(CC(=O)N2CCC[C@H](c3ncc[nH]3)C2)c(C(C)=O)cc1OC. The van der Waals surface area contributed by atoms with Crippen LogP contribution in [0.2, 0.25) is 0 Å². The molecule has 1 N–H and O–H groups in total. The van der Waals surface area contributed by atoms with Crippen molar-refractivity contribution in [2.75, 3.05) is 27.3 Å². The van der Waals surface area contributed by atoms with Crippen molar-refractivity contribution in [3.63, 3.8) is 0 Å². The Hall–Kier alpha value is -2.83. The van der Waals surface area contributed by atoms with Crippen LogP contribution in [0.1, 0.15) is 47.4 Å². The highest BCUT2D eigenvalue weighted by Crippen LogP contribution is 2.32. The molecule has 7 nitrogen and oxygen atoms in total. The van der Waals surface area contributed by atoms with E-state index in [0.717, 1.165) is 25.2 Å². The van der Waals surface area contributed by atoms with E-state index in [1.165, 1.54) is 21.1 Å². The highest BCUT2D eigenvalue weighted by molar-refractivity contribution is 5.97. The quantitative estimate of drug-likeness (QED) is 0.789. The second-order valence-electron chi connectivity index (χ2n) is 6.75. The Morgan fingerprint density at radius 2 is 2.00 bits per heavy atom. The number of amides is 1. The summed E-state index contributed by atoms with van der Waals surface area (Å²) in [5.41, 5.74) is 1.14. The molecule has 1 fully saturated rings. The molecule has 0 aliphatic carbocycles. The van der Waals surface area contributed by atoms with Crippen LogP contribution in [0.5, 0.6) is 11.5 Å². The van der Waals surface area contributed by atoms with E-state index in [2.05, 4.69) is 9.97 Å². The largest absolute Gasteiger partial charge is 0.493 e. The van der Waals surface area contributed by atoms with Gasteiger partial charge in [-0.05, 0) is 37.5 Å². The number of carbonyl (C=O) groups excluding carboxylic acids is 2. The van der Waals surface area contributed by atoms with Gasteiger partial charge in [0.25, 0.3) is 0 Å². The van der Waals surface area contributed by atoms with Crippen molar-refractivity contribution in [3.05, 3.63) is 41.5 Å². The molecule has 144 valence electrons. The molecule has 7 heteroatoms. The fourth-order valence-electron chi connectivity index (χ4n) is 3.60. The zero-order valence-corrected chi connectivity index (χ0v) is 15.9. The summed E-state index contributed by atoms with van der Waals surface area (Å²) in [5.74, 6) is 2.03. The lowest BCUT2D eigenvalue weighted by atomic mass is 9.95. The molecule has 0 saturated carbocycles. The van der Waals surface area contributed by atoms with Crippen molar-refractivity contribution < 1.29 is 19.1 Å². The maximum Gasteiger partial charge on any atom is 0.227 e. The van der Waals surface area contributed by atoms with Gasteiger partial charge in [0.1, 0.15) is 5.82 Å². The van der Waals surface area contributed by atoms with Gasteiger partial charge in [-0.3, -0.25) is 9.59 Å². The standard InChI is InChI=1S/C20H25N3O4/c1-13(24)16-11-18(27-3)17(26-2)9-15(16)10-19(25)23-8-4-5-14(12-23)20-21-6-7-22-20/h6-7,9,11,14H,4-5,8,10,12H2,1-3H3,(H,21,22)/t14-/m0/s1. The summed E-state index contributed by atoms with van der Waals surface area (Å²) in [6.07, 6.45) is 5.63. The van der Waals surface area contributed by atoms with Crippen LogP contribution in [-0.4, -0.2) is 53.9 Å². The van der Waals surface area contributed by atoms with Crippen molar-refractivity contribution >= 4 is 11.7 Å². The number of ketones is 1. The summed E-state index contributed by atoms with van der Waals surface area (Å²) in [6, 6.07) is 3.37. The first kappa shape index (κ1) is 18.9. The maximum atomic E-state index is 12.9. The Balaban J connectivity index is 1.79. The first-order valence-electron chi connectivity index (χ1n) is 9.06. The Labute approximate surface area is 158 Å². The van der Waals surface area contributed by atoms with Crippen LogP contribution in [0, 0.1) is 0 Å².